The third-order valence-corrected chi connectivity index (χ3v) is 3.62. The summed E-state index contributed by atoms with van der Waals surface area (Å²) in [6.07, 6.45) is 1.89. The van der Waals surface area contributed by atoms with Gasteiger partial charge in [-0.1, -0.05) is 11.3 Å². The first-order valence-corrected chi connectivity index (χ1v) is 6.55. The highest BCUT2D eigenvalue weighted by atomic mass is 15.4. The summed E-state index contributed by atoms with van der Waals surface area (Å²) in [6.45, 7) is 1.93. The Kier molecular flexibility index (Phi) is 2.26. The van der Waals surface area contributed by atoms with E-state index in [1.807, 2.05) is 38.4 Å². The fraction of sp³-hybridized carbons (Fsp3) is 0.143. The molecule has 0 aliphatic rings. The van der Waals surface area contributed by atoms with Gasteiger partial charge in [-0.15, -0.1) is 10.2 Å². The SMILES string of the molecule is Cc1nc(N)nn2ccc(-c3ccc4nnn(C)c4c3)c12. The van der Waals surface area contributed by atoms with Gasteiger partial charge in [0, 0.05) is 18.8 Å². The van der Waals surface area contributed by atoms with E-state index in [9.17, 15) is 0 Å². The van der Waals surface area contributed by atoms with E-state index in [0.29, 0.717) is 0 Å². The minimum Gasteiger partial charge on any atom is -0.367 e. The molecular weight excluding hydrogens is 266 g/mol. The summed E-state index contributed by atoms with van der Waals surface area (Å²) in [5, 5.41) is 12.3. The largest absolute Gasteiger partial charge is 0.367 e. The molecule has 21 heavy (non-hydrogen) atoms. The van der Waals surface area contributed by atoms with E-state index in [0.717, 1.165) is 33.4 Å². The number of nitrogens with two attached hydrogens (primary N) is 1. The summed E-state index contributed by atoms with van der Waals surface area (Å²) >= 11 is 0. The van der Waals surface area contributed by atoms with Gasteiger partial charge < -0.3 is 5.73 Å². The predicted molar refractivity (Wildman–Crippen MR) is 79.6 cm³/mol. The maximum Gasteiger partial charge on any atom is 0.238 e. The van der Waals surface area contributed by atoms with Gasteiger partial charge >= 0.3 is 0 Å². The third-order valence-electron chi connectivity index (χ3n) is 3.62. The number of hydrogen-bond acceptors (Lipinski definition) is 5. The number of aryl methyl sites for hydroxylation is 2. The Labute approximate surface area is 120 Å². The Morgan fingerprint density at radius 3 is 2.90 bits per heavy atom. The van der Waals surface area contributed by atoms with Crippen LogP contribution in [0.4, 0.5) is 5.95 Å². The van der Waals surface area contributed by atoms with Gasteiger partial charge in [0.05, 0.1) is 16.7 Å². The summed E-state index contributed by atoms with van der Waals surface area (Å²) < 4.78 is 3.52. The summed E-state index contributed by atoms with van der Waals surface area (Å²) in [7, 11) is 1.88. The van der Waals surface area contributed by atoms with Crippen molar-refractivity contribution in [3.05, 3.63) is 36.2 Å². The maximum atomic E-state index is 5.69. The van der Waals surface area contributed by atoms with Crippen LogP contribution in [0.5, 0.6) is 0 Å². The molecule has 0 unspecified atom stereocenters. The second-order valence-electron chi connectivity index (χ2n) is 4.99. The average molecular weight is 279 g/mol. The minimum atomic E-state index is 0.272. The van der Waals surface area contributed by atoms with Crippen LogP contribution < -0.4 is 5.73 Å². The Morgan fingerprint density at radius 2 is 2.05 bits per heavy atom. The van der Waals surface area contributed by atoms with Crippen molar-refractivity contribution < 1.29 is 0 Å². The molecule has 2 N–H and O–H groups in total. The Balaban J connectivity index is 2.01. The van der Waals surface area contributed by atoms with Gasteiger partial charge in [-0.3, -0.25) is 0 Å². The number of rotatable bonds is 1. The highest BCUT2D eigenvalue weighted by molar-refractivity contribution is 5.88. The minimum absolute atomic E-state index is 0.272. The summed E-state index contributed by atoms with van der Waals surface area (Å²) in [5.74, 6) is 0.272. The molecule has 0 fully saturated rings. The quantitative estimate of drug-likeness (QED) is 0.571. The Hall–Kier alpha value is -2.96. The zero-order chi connectivity index (χ0) is 14.6. The van der Waals surface area contributed by atoms with E-state index in [1.165, 1.54) is 0 Å². The molecule has 0 aliphatic carbocycles. The number of aromatic nitrogens is 6. The summed E-state index contributed by atoms with van der Waals surface area (Å²) in [6, 6.07) is 8.08. The standard InChI is InChI=1S/C14H13N7/c1-8-13-10(5-6-21(13)18-14(15)16-8)9-3-4-11-12(7-9)20(2)19-17-11/h3-7H,1-2H3,(H2,15,18). The van der Waals surface area contributed by atoms with E-state index in [4.69, 9.17) is 5.73 Å². The van der Waals surface area contributed by atoms with Gasteiger partial charge in [-0.05, 0) is 30.7 Å². The Bertz CT molecular complexity index is 980. The predicted octanol–water partition coefficient (Wildman–Crippen LogP) is 1.57. The first kappa shape index (κ1) is 11.8. The molecule has 0 spiro atoms. The normalized spacial score (nSPS) is 11.5. The molecule has 3 heterocycles. The second-order valence-corrected chi connectivity index (χ2v) is 4.99. The topological polar surface area (TPSA) is 86.9 Å². The molecule has 1 aromatic carbocycles. The first-order valence-electron chi connectivity index (χ1n) is 6.55. The molecule has 3 aromatic heterocycles. The van der Waals surface area contributed by atoms with Crippen molar-refractivity contribution >= 4 is 22.5 Å². The van der Waals surface area contributed by atoms with Crippen molar-refractivity contribution in [1.82, 2.24) is 29.6 Å². The highest BCUT2D eigenvalue weighted by Crippen LogP contribution is 2.29. The van der Waals surface area contributed by atoms with Crippen LogP contribution in [0.25, 0.3) is 27.7 Å². The van der Waals surface area contributed by atoms with Crippen LogP contribution in [0.3, 0.4) is 0 Å². The maximum absolute atomic E-state index is 5.69. The van der Waals surface area contributed by atoms with E-state index < -0.39 is 0 Å². The average Bonchev–Trinajstić information content (AvgIpc) is 3.03. The fourth-order valence-electron chi connectivity index (χ4n) is 2.65. The van der Waals surface area contributed by atoms with Crippen molar-refractivity contribution in [2.24, 2.45) is 7.05 Å². The smallest absolute Gasteiger partial charge is 0.238 e. The van der Waals surface area contributed by atoms with Crippen LogP contribution in [0.2, 0.25) is 0 Å². The van der Waals surface area contributed by atoms with Crippen LogP contribution >= 0.6 is 0 Å². The van der Waals surface area contributed by atoms with E-state index in [-0.39, 0.29) is 5.95 Å². The van der Waals surface area contributed by atoms with Crippen LogP contribution in [0.15, 0.2) is 30.5 Å². The monoisotopic (exact) mass is 279 g/mol. The molecule has 104 valence electrons. The number of hydrogen-bond donors (Lipinski definition) is 1. The van der Waals surface area contributed by atoms with Crippen molar-refractivity contribution in [3.8, 4) is 11.1 Å². The molecule has 0 saturated heterocycles. The molecule has 0 bridgehead atoms. The lowest BCUT2D eigenvalue weighted by atomic mass is 10.1. The molecule has 4 rings (SSSR count). The number of nitrogen functional groups attached to an aromatic ring is 1. The molecule has 0 saturated carbocycles. The molecule has 0 atom stereocenters. The first-order chi connectivity index (χ1) is 10.1. The van der Waals surface area contributed by atoms with Crippen molar-refractivity contribution in [1.29, 1.82) is 0 Å². The zero-order valence-corrected chi connectivity index (χ0v) is 11.6. The molecule has 7 heteroatoms. The third kappa shape index (κ3) is 1.67. The lowest BCUT2D eigenvalue weighted by molar-refractivity contribution is 0.736. The van der Waals surface area contributed by atoms with Crippen LogP contribution in [-0.2, 0) is 7.05 Å². The number of nitrogens with zero attached hydrogens (tertiary/aromatic N) is 6. The van der Waals surface area contributed by atoms with Crippen molar-refractivity contribution in [3.63, 3.8) is 0 Å². The number of anilines is 1. The molecular formula is C14H13N7. The van der Waals surface area contributed by atoms with E-state index >= 15 is 0 Å². The second kappa shape index (κ2) is 4.02. The zero-order valence-electron chi connectivity index (χ0n) is 11.6. The lowest BCUT2D eigenvalue weighted by Gasteiger charge is -2.04. The van der Waals surface area contributed by atoms with Gasteiger partial charge in [0.2, 0.25) is 5.95 Å². The number of benzene rings is 1. The van der Waals surface area contributed by atoms with Gasteiger partial charge in [0.15, 0.2) is 0 Å². The van der Waals surface area contributed by atoms with Gasteiger partial charge in [-0.2, -0.15) is 0 Å². The highest BCUT2D eigenvalue weighted by Gasteiger charge is 2.12. The summed E-state index contributed by atoms with van der Waals surface area (Å²) in [5.41, 5.74) is 11.5. The molecule has 0 amide bonds. The molecule has 4 aromatic rings. The van der Waals surface area contributed by atoms with Gasteiger partial charge in [0.1, 0.15) is 5.52 Å². The molecule has 7 nitrogen and oxygen atoms in total. The van der Waals surface area contributed by atoms with E-state index in [1.54, 1.807) is 9.20 Å². The Morgan fingerprint density at radius 1 is 1.19 bits per heavy atom. The molecule has 0 aliphatic heterocycles. The van der Waals surface area contributed by atoms with Crippen molar-refractivity contribution in [2.45, 2.75) is 6.92 Å². The van der Waals surface area contributed by atoms with Crippen LogP contribution in [0.1, 0.15) is 5.69 Å². The fourth-order valence-corrected chi connectivity index (χ4v) is 2.65. The van der Waals surface area contributed by atoms with Gasteiger partial charge in [0.25, 0.3) is 0 Å². The number of fused-ring (bicyclic) bond motifs is 2. The van der Waals surface area contributed by atoms with E-state index in [2.05, 4.69) is 26.5 Å². The van der Waals surface area contributed by atoms with Crippen LogP contribution in [-0.4, -0.2) is 29.6 Å². The van der Waals surface area contributed by atoms with Crippen molar-refractivity contribution in [2.75, 3.05) is 5.73 Å². The van der Waals surface area contributed by atoms with Gasteiger partial charge in [-0.25, -0.2) is 14.2 Å². The molecule has 0 radical (unpaired) electrons. The summed E-state index contributed by atoms with van der Waals surface area (Å²) in [4.78, 5) is 4.25. The lowest BCUT2D eigenvalue weighted by Crippen LogP contribution is -2.03. The van der Waals surface area contributed by atoms with Crippen LogP contribution in [0, 0.1) is 6.92 Å².